The highest BCUT2D eigenvalue weighted by atomic mass is 35.5. The minimum absolute atomic E-state index is 0.0846. The lowest BCUT2D eigenvalue weighted by Gasteiger charge is -2.05. The average molecular weight is 378 g/mol. The van der Waals surface area contributed by atoms with Crippen LogP contribution in [0, 0.1) is 6.92 Å². The van der Waals surface area contributed by atoms with E-state index in [2.05, 4.69) is 11.1 Å². The molecule has 122 valence electrons. The number of nitrogens with zero attached hydrogens (tertiary/aromatic N) is 1. The van der Waals surface area contributed by atoms with Crippen molar-refractivity contribution in [2.75, 3.05) is 0 Å². The van der Waals surface area contributed by atoms with Gasteiger partial charge in [-0.1, -0.05) is 47.0 Å². The number of carbonyl (C=O) groups excluding carboxylic acids is 1. The van der Waals surface area contributed by atoms with Gasteiger partial charge < -0.3 is 4.74 Å². The number of hydrogen-bond acceptors (Lipinski definition) is 4. The Morgan fingerprint density at radius 3 is 2.79 bits per heavy atom. The normalized spacial score (nSPS) is 10.6. The van der Waals surface area contributed by atoms with Gasteiger partial charge in [-0.25, -0.2) is 4.98 Å². The van der Waals surface area contributed by atoms with E-state index in [1.807, 2.05) is 30.5 Å². The van der Waals surface area contributed by atoms with Gasteiger partial charge >= 0.3 is 5.97 Å². The molecule has 6 heteroatoms. The van der Waals surface area contributed by atoms with Crippen LogP contribution in [0.15, 0.2) is 47.8 Å². The fourth-order valence-electron chi connectivity index (χ4n) is 2.16. The second-order valence-corrected chi connectivity index (χ2v) is 6.94. The lowest BCUT2D eigenvalue weighted by atomic mass is 10.1. The number of benzene rings is 2. The summed E-state index contributed by atoms with van der Waals surface area (Å²) in [5.74, 6) is -0.125. The maximum atomic E-state index is 12.1. The van der Waals surface area contributed by atoms with Gasteiger partial charge in [-0.05, 0) is 31.2 Å². The molecule has 0 bridgehead atoms. The maximum Gasteiger partial charge on any atom is 0.317 e. The lowest BCUT2D eigenvalue weighted by Crippen LogP contribution is -2.11. The minimum atomic E-state index is -0.416. The molecule has 3 rings (SSSR count). The van der Waals surface area contributed by atoms with Crippen molar-refractivity contribution in [1.29, 1.82) is 0 Å². The van der Waals surface area contributed by atoms with Crippen molar-refractivity contribution in [3.8, 4) is 16.3 Å². The molecule has 0 amide bonds. The van der Waals surface area contributed by atoms with Gasteiger partial charge in [0.25, 0.3) is 0 Å². The van der Waals surface area contributed by atoms with E-state index in [4.69, 9.17) is 27.9 Å². The van der Waals surface area contributed by atoms with Gasteiger partial charge in [-0.2, -0.15) is 0 Å². The minimum Gasteiger partial charge on any atom is -0.425 e. The molecule has 24 heavy (non-hydrogen) atoms. The third-order valence-corrected chi connectivity index (χ3v) is 4.73. The number of halogens is 2. The first kappa shape index (κ1) is 17.0. The molecular weight excluding hydrogens is 365 g/mol. The molecule has 0 radical (unpaired) electrons. The number of carbonyl (C=O) groups is 1. The molecule has 0 aliphatic heterocycles. The van der Waals surface area contributed by atoms with Gasteiger partial charge in [0.05, 0.1) is 17.1 Å². The summed E-state index contributed by atoms with van der Waals surface area (Å²) in [6.45, 7) is 2.03. The van der Waals surface area contributed by atoms with Gasteiger partial charge in [0.1, 0.15) is 10.8 Å². The molecule has 2 aromatic carbocycles. The van der Waals surface area contributed by atoms with Crippen molar-refractivity contribution in [3.05, 3.63) is 69.1 Å². The van der Waals surface area contributed by atoms with Gasteiger partial charge in [0.2, 0.25) is 0 Å². The molecule has 3 nitrogen and oxygen atoms in total. The largest absolute Gasteiger partial charge is 0.425 e. The average Bonchev–Trinajstić information content (AvgIpc) is 2.98. The predicted octanol–water partition coefficient (Wildman–Crippen LogP) is 5.57. The Hall–Kier alpha value is -1.88. The summed E-state index contributed by atoms with van der Waals surface area (Å²) < 4.78 is 5.27. The molecule has 0 fully saturated rings. The van der Waals surface area contributed by atoms with E-state index >= 15 is 0 Å². The van der Waals surface area contributed by atoms with E-state index in [1.54, 1.807) is 12.1 Å². The smallest absolute Gasteiger partial charge is 0.317 e. The number of thiazole rings is 1. The van der Waals surface area contributed by atoms with Crippen molar-refractivity contribution in [2.45, 2.75) is 13.3 Å². The highest BCUT2D eigenvalue weighted by Crippen LogP contribution is 2.28. The van der Waals surface area contributed by atoms with Crippen LogP contribution in [-0.2, 0) is 11.2 Å². The van der Waals surface area contributed by atoms with E-state index in [-0.39, 0.29) is 6.42 Å². The van der Waals surface area contributed by atoms with Crippen molar-refractivity contribution < 1.29 is 9.53 Å². The zero-order valence-electron chi connectivity index (χ0n) is 12.8. The summed E-state index contributed by atoms with van der Waals surface area (Å²) in [4.78, 5) is 16.6. The molecule has 0 atom stereocenters. The molecule has 0 N–H and O–H groups in total. The molecule has 0 aliphatic rings. The number of esters is 1. The van der Waals surface area contributed by atoms with Crippen LogP contribution in [0.5, 0.6) is 5.75 Å². The summed E-state index contributed by atoms with van der Waals surface area (Å²) in [6.07, 6.45) is 0.0846. The van der Waals surface area contributed by atoms with Crippen LogP contribution < -0.4 is 4.74 Å². The number of aryl methyl sites for hydroxylation is 1. The molecule has 0 saturated carbocycles. The SMILES string of the molecule is Cc1cccc(-c2nc(CC(=O)Oc3ccc(Cl)cc3Cl)cs2)c1. The van der Waals surface area contributed by atoms with Crippen molar-refractivity contribution >= 4 is 40.5 Å². The summed E-state index contributed by atoms with van der Waals surface area (Å²) in [5, 5.41) is 3.53. The Balaban J connectivity index is 1.69. The van der Waals surface area contributed by atoms with E-state index < -0.39 is 5.97 Å². The maximum absolute atomic E-state index is 12.1. The predicted molar refractivity (Wildman–Crippen MR) is 98.1 cm³/mol. The molecule has 0 spiro atoms. The van der Waals surface area contributed by atoms with E-state index in [0.29, 0.717) is 21.5 Å². The van der Waals surface area contributed by atoms with Crippen LogP contribution in [0.3, 0.4) is 0 Å². The highest BCUT2D eigenvalue weighted by Gasteiger charge is 2.13. The second kappa shape index (κ2) is 7.34. The van der Waals surface area contributed by atoms with Crippen LogP contribution in [0.25, 0.3) is 10.6 Å². The number of aromatic nitrogens is 1. The summed E-state index contributed by atoms with van der Waals surface area (Å²) in [5.41, 5.74) is 2.88. The Kier molecular flexibility index (Phi) is 5.19. The molecule has 0 unspecified atom stereocenters. The van der Waals surface area contributed by atoms with Crippen LogP contribution in [0.4, 0.5) is 0 Å². The standard InChI is InChI=1S/C18H13Cl2NO2S/c1-11-3-2-4-12(7-11)18-21-14(10-24-18)9-17(22)23-16-6-5-13(19)8-15(16)20/h2-8,10H,9H2,1H3. The van der Waals surface area contributed by atoms with Gasteiger partial charge in [0.15, 0.2) is 0 Å². The van der Waals surface area contributed by atoms with E-state index in [0.717, 1.165) is 10.6 Å². The van der Waals surface area contributed by atoms with Crippen LogP contribution in [0.1, 0.15) is 11.3 Å². The molecule has 3 aromatic rings. The first-order chi connectivity index (χ1) is 11.5. The highest BCUT2D eigenvalue weighted by molar-refractivity contribution is 7.13. The third-order valence-electron chi connectivity index (χ3n) is 3.26. The van der Waals surface area contributed by atoms with Gasteiger partial charge in [0, 0.05) is 16.0 Å². The molecular formula is C18H13Cl2NO2S. The first-order valence-electron chi connectivity index (χ1n) is 7.18. The molecule has 1 aromatic heterocycles. The fourth-order valence-corrected chi connectivity index (χ4v) is 3.43. The van der Waals surface area contributed by atoms with Crippen molar-refractivity contribution in [1.82, 2.24) is 4.98 Å². The van der Waals surface area contributed by atoms with E-state index in [1.165, 1.54) is 23.0 Å². The van der Waals surface area contributed by atoms with Crippen LogP contribution in [-0.4, -0.2) is 11.0 Å². The Labute approximate surface area is 153 Å². The summed E-state index contributed by atoms with van der Waals surface area (Å²) >= 11 is 13.3. The van der Waals surface area contributed by atoms with Crippen molar-refractivity contribution in [2.24, 2.45) is 0 Å². The zero-order chi connectivity index (χ0) is 17.1. The number of ether oxygens (including phenoxy) is 1. The monoisotopic (exact) mass is 377 g/mol. The number of hydrogen-bond donors (Lipinski definition) is 0. The summed E-state index contributed by atoms with van der Waals surface area (Å²) in [6, 6.07) is 12.8. The first-order valence-corrected chi connectivity index (χ1v) is 8.82. The Morgan fingerprint density at radius 2 is 2.04 bits per heavy atom. The lowest BCUT2D eigenvalue weighted by molar-refractivity contribution is -0.133. The molecule has 0 saturated heterocycles. The second-order valence-electron chi connectivity index (χ2n) is 5.24. The quantitative estimate of drug-likeness (QED) is 0.440. The summed E-state index contributed by atoms with van der Waals surface area (Å²) in [7, 11) is 0. The Bertz CT molecular complexity index is 892. The zero-order valence-corrected chi connectivity index (χ0v) is 15.1. The number of rotatable bonds is 4. The topological polar surface area (TPSA) is 39.2 Å². The van der Waals surface area contributed by atoms with Gasteiger partial charge in [-0.15, -0.1) is 11.3 Å². The van der Waals surface area contributed by atoms with Crippen LogP contribution >= 0.6 is 34.5 Å². The van der Waals surface area contributed by atoms with E-state index in [9.17, 15) is 4.79 Å². The molecule has 1 heterocycles. The Morgan fingerprint density at radius 1 is 1.21 bits per heavy atom. The van der Waals surface area contributed by atoms with Crippen molar-refractivity contribution in [3.63, 3.8) is 0 Å². The van der Waals surface area contributed by atoms with Gasteiger partial charge in [-0.3, -0.25) is 4.79 Å². The molecule has 0 aliphatic carbocycles. The van der Waals surface area contributed by atoms with Crippen LogP contribution in [0.2, 0.25) is 10.0 Å². The fraction of sp³-hybridized carbons (Fsp3) is 0.111. The third kappa shape index (κ3) is 4.15.